The number of hydrogen-bond donors (Lipinski definition) is 2. The van der Waals surface area contributed by atoms with Crippen LogP contribution in [0.4, 0.5) is 0 Å². The van der Waals surface area contributed by atoms with Gasteiger partial charge in [0, 0.05) is 6.04 Å². The second-order valence-corrected chi connectivity index (χ2v) is 4.16. The van der Waals surface area contributed by atoms with Crippen molar-refractivity contribution < 1.29 is 5.11 Å². The molecule has 2 N–H and O–H groups in total. The van der Waals surface area contributed by atoms with Gasteiger partial charge in [-0.3, -0.25) is 0 Å². The smallest absolute Gasteiger partial charge is 0.0581 e. The molecule has 1 aromatic rings. The second kappa shape index (κ2) is 5.89. The summed E-state index contributed by atoms with van der Waals surface area (Å²) in [5.41, 5.74) is 4.14. The van der Waals surface area contributed by atoms with Crippen molar-refractivity contribution in [1.29, 1.82) is 0 Å². The number of aliphatic hydroxyl groups excluding tert-OH is 1. The van der Waals surface area contributed by atoms with E-state index >= 15 is 0 Å². The van der Waals surface area contributed by atoms with Crippen LogP contribution in [-0.4, -0.2) is 24.3 Å². The molecule has 15 heavy (non-hydrogen) atoms. The van der Waals surface area contributed by atoms with Gasteiger partial charge in [-0.1, -0.05) is 18.2 Å². The van der Waals surface area contributed by atoms with Crippen LogP contribution in [0.25, 0.3) is 0 Å². The molecule has 0 unspecified atom stereocenters. The molecule has 0 spiro atoms. The minimum Gasteiger partial charge on any atom is -0.395 e. The molecule has 2 heteroatoms. The van der Waals surface area contributed by atoms with E-state index in [1.165, 1.54) is 16.7 Å². The SMILES string of the molecule is Cc1cccc(C)c1CCN[C@H](C)CO. The van der Waals surface area contributed by atoms with Crippen molar-refractivity contribution in [1.82, 2.24) is 5.32 Å². The van der Waals surface area contributed by atoms with Gasteiger partial charge in [-0.2, -0.15) is 0 Å². The third kappa shape index (κ3) is 3.65. The zero-order valence-corrected chi connectivity index (χ0v) is 9.88. The molecule has 2 nitrogen and oxygen atoms in total. The van der Waals surface area contributed by atoms with Crippen LogP contribution in [0.3, 0.4) is 0 Å². The monoisotopic (exact) mass is 207 g/mol. The predicted molar refractivity (Wildman–Crippen MR) is 64.2 cm³/mol. The van der Waals surface area contributed by atoms with E-state index in [1.807, 2.05) is 6.92 Å². The lowest BCUT2D eigenvalue weighted by Gasteiger charge is -2.13. The van der Waals surface area contributed by atoms with E-state index < -0.39 is 0 Å². The van der Waals surface area contributed by atoms with Gasteiger partial charge in [0.25, 0.3) is 0 Å². The molecule has 0 aliphatic carbocycles. The lowest BCUT2D eigenvalue weighted by atomic mass is 10.0. The molecule has 1 aromatic carbocycles. The minimum absolute atomic E-state index is 0.189. The van der Waals surface area contributed by atoms with Gasteiger partial charge >= 0.3 is 0 Å². The Hall–Kier alpha value is -0.860. The molecule has 0 bridgehead atoms. The molecule has 0 fully saturated rings. The van der Waals surface area contributed by atoms with Crippen LogP contribution < -0.4 is 5.32 Å². The summed E-state index contributed by atoms with van der Waals surface area (Å²) in [6, 6.07) is 6.59. The van der Waals surface area contributed by atoms with Crippen molar-refractivity contribution in [3.8, 4) is 0 Å². The van der Waals surface area contributed by atoms with Gasteiger partial charge < -0.3 is 10.4 Å². The zero-order chi connectivity index (χ0) is 11.3. The average Bonchev–Trinajstić information content (AvgIpc) is 2.22. The Morgan fingerprint density at radius 2 is 1.87 bits per heavy atom. The third-order valence-corrected chi connectivity index (χ3v) is 2.79. The summed E-state index contributed by atoms with van der Waals surface area (Å²) in [6.45, 7) is 7.42. The largest absolute Gasteiger partial charge is 0.395 e. The van der Waals surface area contributed by atoms with Crippen molar-refractivity contribution in [2.45, 2.75) is 33.2 Å². The van der Waals surface area contributed by atoms with Crippen LogP contribution in [0.1, 0.15) is 23.6 Å². The number of aryl methyl sites for hydroxylation is 2. The van der Waals surface area contributed by atoms with Gasteiger partial charge in [0.2, 0.25) is 0 Å². The molecule has 0 aliphatic heterocycles. The highest BCUT2D eigenvalue weighted by atomic mass is 16.3. The highest BCUT2D eigenvalue weighted by Gasteiger charge is 2.03. The molecular formula is C13H21NO. The van der Waals surface area contributed by atoms with E-state index in [2.05, 4.69) is 37.4 Å². The Kier molecular flexibility index (Phi) is 4.79. The van der Waals surface area contributed by atoms with Gasteiger partial charge in [-0.25, -0.2) is 0 Å². The average molecular weight is 207 g/mol. The molecule has 0 aliphatic rings. The van der Waals surface area contributed by atoms with Gasteiger partial charge in [0.15, 0.2) is 0 Å². The predicted octanol–water partition coefficient (Wildman–Crippen LogP) is 1.82. The summed E-state index contributed by atoms with van der Waals surface area (Å²) >= 11 is 0. The third-order valence-electron chi connectivity index (χ3n) is 2.79. The number of nitrogens with one attached hydrogen (secondary N) is 1. The minimum atomic E-state index is 0.189. The summed E-state index contributed by atoms with van der Waals surface area (Å²) in [4.78, 5) is 0. The van der Waals surface area contributed by atoms with E-state index in [1.54, 1.807) is 0 Å². The normalized spacial score (nSPS) is 12.8. The van der Waals surface area contributed by atoms with E-state index in [9.17, 15) is 0 Å². The molecule has 0 heterocycles. The summed E-state index contributed by atoms with van der Waals surface area (Å²) in [6.07, 6.45) is 1.03. The fourth-order valence-electron chi connectivity index (χ4n) is 1.75. The van der Waals surface area contributed by atoms with Crippen LogP contribution >= 0.6 is 0 Å². The number of aliphatic hydroxyl groups is 1. The van der Waals surface area contributed by atoms with Gasteiger partial charge in [0.05, 0.1) is 6.61 Å². The number of hydrogen-bond acceptors (Lipinski definition) is 2. The number of rotatable bonds is 5. The fourth-order valence-corrected chi connectivity index (χ4v) is 1.75. The highest BCUT2D eigenvalue weighted by molar-refractivity contribution is 5.33. The maximum atomic E-state index is 8.88. The van der Waals surface area contributed by atoms with Gasteiger partial charge in [-0.15, -0.1) is 0 Å². The summed E-state index contributed by atoms with van der Waals surface area (Å²) in [5.74, 6) is 0. The Morgan fingerprint density at radius 1 is 1.27 bits per heavy atom. The molecule has 0 radical (unpaired) electrons. The molecule has 0 amide bonds. The quantitative estimate of drug-likeness (QED) is 0.772. The number of benzene rings is 1. The highest BCUT2D eigenvalue weighted by Crippen LogP contribution is 2.13. The standard InChI is InChI=1S/C13H21NO/c1-10-5-4-6-11(2)13(10)7-8-14-12(3)9-15/h4-6,12,14-15H,7-9H2,1-3H3/t12-/m1/s1. The molecule has 1 atom stereocenters. The first-order chi connectivity index (χ1) is 7.15. The lowest BCUT2D eigenvalue weighted by molar-refractivity contribution is 0.252. The van der Waals surface area contributed by atoms with Crippen molar-refractivity contribution in [2.75, 3.05) is 13.2 Å². The first-order valence-corrected chi connectivity index (χ1v) is 5.54. The van der Waals surface area contributed by atoms with Crippen molar-refractivity contribution in [3.05, 3.63) is 34.9 Å². The second-order valence-electron chi connectivity index (χ2n) is 4.16. The van der Waals surface area contributed by atoms with Crippen LogP contribution in [0.2, 0.25) is 0 Å². The van der Waals surface area contributed by atoms with Crippen molar-refractivity contribution >= 4 is 0 Å². The van der Waals surface area contributed by atoms with Crippen LogP contribution in [0.15, 0.2) is 18.2 Å². The maximum absolute atomic E-state index is 8.88. The molecular weight excluding hydrogens is 186 g/mol. The Labute approximate surface area is 92.3 Å². The van der Waals surface area contributed by atoms with Crippen molar-refractivity contribution in [3.63, 3.8) is 0 Å². The molecule has 0 saturated carbocycles. The van der Waals surface area contributed by atoms with Crippen LogP contribution in [0.5, 0.6) is 0 Å². The molecule has 0 aromatic heterocycles. The van der Waals surface area contributed by atoms with Crippen LogP contribution in [0, 0.1) is 13.8 Å². The van der Waals surface area contributed by atoms with Crippen molar-refractivity contribution in [2.24, 2.45) is 0 Å². The topological polar surface area (TPSA) is 32.3 Å². The van der Waals surface area contributed by atoms with Gasteiger partial charge in [0.1, 0.15) is 0 Å². The Morgan fingerprint density at radius 3 is 2.40 bits per heavy atom. The summed E-state index contributed by atoms with van der Waals surface area (Å²) in [7, 11) is 0. The fraction of sp³-hybridized carbons (Fsp3) is 0.538. The Bertz CT molecular complexity index is 289. The maximum Gasteiger partial charge on any atom is 0.0581 e. The molecule has 1 rings (SSSR count). The van der Waals surface area contributed by atoms with E-state index in [-0.39, 0.29) is 12.6 Å². The first kappa shape index (κ1) is 12.2. The Balaban J connectivity index is 2.50. The first-order valence-electron chi connectivity index (χ1n) is 5.54. The van der Waals surface area contributed by atoms with Crippen LogP contribution in [-0.2, 0) is 6.42 Å². The lowest BCUT2D eigenvalue weighted by Crippen LogP contribution is -2.31. The zero-order valence-electron chi connectivity index (χ0n) is 9.88. The molecule has 0 saturated heterocycles. The van der Waals surface area contributed by atoms with E-state index in [0.29, 0.717) is 0 Å². The molecule has 84 valence electrons. The van der Waals surface area contributed by atoms with E-state index in [4.69, 9.17) is 5.11 Å². The van der Waals surface area contributed by atoms with Gasteiger partial charge in [-0.05, 0) is 50.4 Å². The van der Waals surface area contributed by atoms with E-state index in [0.717, 1.165) is 13.0 Å². The summed E-state index contributed by atoms with van der Waals surface area (Å²) in [5, 5.41) is 12.2. The summed E-state index contributed by atoms with van der Waals surface area (Å²) < 4.78 is 0.